The van der Waals surface area contributed by atoms with Crippen LogP contribution in [0.5, 0.6) is 0 Å². The Hall–Kier alpha value is -3.89. The number of nitro benzene ring substituents is 1. The monoisotopic (exact) mass is 332 g/mol. The van der Waals surface area contributed by atoms with Crippen LogP contribution < -0.4 is 0 Å². The molecule has 7 heteroatoms. The standard InChI is InChI=1S/C18H12N4O3/c1-18(2)16(15(11-21)17(25-18)13(9-19)10-20)8-5-12-3-6-14(7-4-12)22(23)24/h3-8H,1-2H3. The van der Waals surface area contributed by atoms with Crippen molar-refractivity contribution in [2.24, 2.45) is 0 Å². The molecule has 0 radical (unpaired) electrons. The second-order valence-electron chi connectivity index (χ2n) is 5.62. The van der Waals surface area contributed by atoms with Gasteiger partial charge in [-0.05, 0) is 31.5 Å². The number of rotatable bonds is 3. The summed E-state index contributed by atoms with van der Waals surface area (Å²) in [5.74, 6) is -0.0270. The second-order valence-corrected chi connectivity index (χ2v) is 5.62. The van der Waals surface area contributed by atoms with Gasteiger partial charge in [0.1, 0.15) is 29.4 Å². The minimum atomic E-state index is -0.892. The van der Waals surface area contributed by atoms with Gasteiger partial charge in [-0.15, -0.1) is 0 Å². The molecule has 0 atom stereocenters. The highest BCUT2D eigenvalue weighted by Crippen LogP contribution is 2.40. The van der Waals surface area contributed by atoms with Gasteiger partial charge in [-0.1, -0.05) is 12.2 Å². The number of benzene rings is 1. The highest BCUT2D eigenvalue weighted by atomic mass is 16.6. The van der Waals surface area contributed by atoms with Crippen LogP contribution in [0.2, 0.25) is 0 Å². The van der Waals surface area contributed by atoms with Gasteiger partial charge in [-0.2, -0.15) is 15.8 Å². The Bertz CT molecular complexity index is 930. The van der Waals surface area contributed by atoms with Crippen molar-refractivity contribution < 1.29 is 9.66 Å². The average Bonchev–Trinajstić information content (AvgIpc) is 2.84. The molecule has 0 aromatic heterocycles. The zero-order chi connectivity index (χ0) is 18.6. The lowest BCUT2D eigenvalue weighted by Crippen LogP contribution is -2.20. The number of nitrogens with zero attached hydrogens (tertiary/aromatic N) is 4. The van der Waals surface area contributed by atoms with Gasteiger partial charge in [-0.3, -0.25) is 10.1 Å². The number of non-ortho nitro benzene ring substituents is 1. The SMILES string of the molecule is CC1(C)OC(=C(C#N)C#N)C(C#N)=C1C=Cc1ccc([N+](=O)[O-])cc1. The van der Waals surface area contributed by atoms with E-state index < -0.39 is 10.5 Å². The summed E-state index contributed by atoms with van der Waals surface area (Å²) in [5.41, 5.74) is 0.174. The minimum absolute atomic E-state index is 0.0171. The number of ether oxygens (including phenoxy) is 1. The molecule has 0 saturated heterocycles. The Labute approximate surface area is 144 Å². The maximum Gasteiger partial charge on any atom is 0.269 e. The lowest BCUT2D eigenvalue weighted by atomic mass is 9.94. The van der Waals surface area contributed by atoms with E-state index in [9.17, 15) is 15.4 Å². The zero-order valence-electron chi connectivity index (χ0n) is 13.5. The Morgan fingerprint density at radius 1 is 1.16 bits per heavy atom. The molecule has 1 aromatic carbocycles. The molecule has 0 aliphatic carbocycles. The summed E-state index contributed by atoms with van der Waals surface area (Å²) in [6, 6.07) is 11.4. The largest absolute Gasteiger partial charge is 0.480 e. The third kappa shape index (κ3) is 3.39. The van der Waals surface area contributed by atoms with E-state index in [1.807, 2.05) is 6.07 Å². The van der Waals surface area contributed by atoms with Gasteiger partial charge in [0.25, 0.3) is 5.69 Å². The smallest absolute Gasteiger partial charge is 0.269 e. The maximum absolute atomic E-state index is 10.7. The predicted molar refractivity (Wildman–Crippen MR) is 88.2 cm³/mol. The van der Waals surface area contributed by atoms with Crippen LogP contribution in [0, 0.1) is 44.1 Å². The fourth-order valence-electron chi connectivity index (χ4n) is 2.37. The molecular weight excluding hydrogens is 320 g/mol. The van der Waals surface area contributed by atoms with Crippen molar-refractivity contribution >= 4 is 11.8 Å². The molecule has 0 spiro atoms. The lowest BCUT2D eigenvalue weighted by Gasteiger charge is -2.20. The van der Waals surface area contributed by atoms with Gasteiger partial charge in [0, 0.05) is 17.7 Å². The predicted octanol–water partition coefficient (Wildman–Crippen LogP) is 3.54. The summed E-state index contributed by atoms with van der Waals surface area (Å²) in [7, 11) is 0. The first-order chi connectivity index (χ1) is 11.8. The number of hydrogen-bond acceptors (Lipinski definition) is 6. The molecule has 7 nitrogen and oxygen atoms in total. The molecule has 2 rings (SSSR count). The molecule has 0 bridgehead atoms. The molecule has 0 unspecified atom stereocenters. The third-order valence-corrected chi connectivity index (χ3v) is 3.61. The van der Waals surface area contributed by atoms with Crippen LogP contribution in [0.1, 0.15) is 19.4 Å². The first-order valence-electron chi connectivity index (χ1n) is 7.15. The quantitative estimate of drug-likeness (QED) is 0.473. The first kappa shape index (κ1) is 17.5. The van der Waals surface area contributed by atoms with Crippen molar-refractivity contribution in [1.29, 1.82) is 15.8 Å². The van der Waals surface area contributed by atoms with Crippen molar-refractivity contribution in [3.8, 4) is 18.2 Å². The number of allylic oxidation sites excluding steroid dienone is 2. The van der Waals surface area contributed by atoms with Crippen LogP contribution >= 0.6 is 0 Å². The molecule has 0 amide bonds. The van der Waals surface area contributed by atoms with E-state index in [0.717, 1.165) is 0 Å². The second kappa shape index (κ2) is 6.70. The van der Waals surface area contributed by atoms with Gasteiger partial charge >= 0.3 is 0 Å². The molecule has 1 heterocycles. The first-order valence-corrected chi connectivity index (χ1v) is 7.15. The Balaban J connectivity index is 2.48. The van der Waals surface area contributed by atoms with Gasteiger partial charge in [0.05, 0.1) is 4.92 Å². The van der Waals surface area contributed by atoms with E-state index in [4.69, 9.17) is 15.3 Å². The van der Waals surface area contributed by atoms with E-state index in [2.05, 4.69) is 0 Å². The fraction of sp³-hybridized carbons (Fsp3) is 0.167. The third-order valence-electron chi connectivity index (χ3n) is 3.61. The normalized spacial score (nSPS) is 15.2. The maximum atomic E-state index is 10.7. The average molecular weight is 332 g/mol. The molecule has 25 heavy (non-hydrogen) atoms. The summed E-state index contributed by atoms with van der Waals surface area (Å²) < 4.78 is 5.65. The summed E-state index contributed by atoms with van der Waals surface area (Å²) in [6.07, 6.45) is 3.34. The fourth-order valence-corrected chi connectivity index (χ4v) is 2.37. The van der Waals surface area contributed by atoms with Crippen LogP contribution in [-0.2, 0) is 4.74 Å². The van der Waals surface area contributed by atoms with Crippen molar-refractivity contribution in [2.75, 3.05) is 0 Å². The molecule has 0 N–H and O–H groups in total. The van der Waals surface area contributed by atoms with Crippen LogP contribution in [0.4, 0.5) is 5.69 Å². The van der Waals surface area contributed by atoms with Crippen LogP contribution in [0.25, 0.3) is 6.08 Å². The van der Waals surface area contributed by atoms with E-state index in [1.165, 1.54) is 12.1 Å². The van der Waals surface area contributed by atoms with E-state index in [1.54, 1.807) is 50.3 Å². The minimum Gasteiger partial charge on any atom is -0.480 e. The van der Waals surface area contributed by atoms with Crippen molar-refractivity contribution in [3.63, 3.8) is 0 Å². The lowest BCUT2D eigenvalue weighted by molar-refractivity contribution is -0.384. The molecule has 122 valence electrons. The Kier molecular flexibility index (Phi) is 4.68. The van der Waals surface area contributed by atoms with Crippen LogP contribution in [0.3, 0.4) is 0 Å². The molecule has 1 aromatic rings. The van der Waals surface area contributed by atoms with Crippen molar-refractivity contribution in [3.05, 3.63) is 68.5 Å². The van der Waals surface area contributed by atoms with E-state index >= 15 is 0 Å². The van der Waals surface area contributed by atoms with E-state index in [0.29, 0.717) is 11.1 Å². The molecule has 1 aliphatic heterocycles. The van der Waals surface area contributed by atoms with Crippen molar-refractivity contribution in [2.45, 2.75) is 19.4 Å². The summed E-state index contributed by atoms with van der Waals surface area (Å²) in [5, 5.41) is 38.1. The van der Waals surface area contributed by atoms with Gasteiger partial charge < -0.3 is 4.74 Å². The zero-order valence-corrected chi connectivity index (χ0v) is 13.5. The highest BCUT2D eigenvalue weighted by Gasteiger charge is 2.38. The van der Waals surface area contributed by atoms with Crippen LogP contribution in [0.15, 0.2) is 52.8 Å². The summed E-state index contributed by atoms with van der Waals surface area (Å²) in [4.78, 5) is 10.2. The van der Waals surface area contributed by atoms with E-state index in [-0.39, 0.29) is 22.6 Å². The summed E-state index contributed by atoms with van der Waals surface area (Å²) in [6.45, 7) is 3.44. The summed E-state index contributed by atoms with van der Waals surface area (Å²) >= 11 is 0. The van der Waals surface area contributed by atoms with Gasteiger partial charge in [0.15, 0.2) is 11.3 Å². The molecule has 0 saturated carbocycles. The van der Waals surface area contributed by atoms with Crippen LogP contribution in [-0.4, -0.2) is 10.5 Å². The van der Waals surface area contributed by atoms with Gasteiger partial charge in [0.2, 0.25) is 0 Å². The topological polar surface area (TPSA) is 124 Å². The van der Waals surface area contributed by atoms with Crippen molar-refractivity contribution in [1.82, 2.24) is 0 Å². The highest BCUT2D eigenvalue weighted by molar-refractivity contribution is 5.64. The number of nitro groups is 1. The molecule has 1 aliphatic rings. The molecular formula is C18H12N4O3. The molecule has 0 fully saturated rings. The number of nitriles is 3. The Morgan fingerprint density at radius 3 is 2.24 bits per heavy atom. The Morgan fingerprint density at radius 2 is 1.76 bits per heavy atom. The number of hydrogen-bond donors (Lipinski definition) is 0. The van der Waals surface area contributed by atoms with Gasteiger partial charge in [-0.25, -0.2) is 0 Å².